The number of amides is 1. The maximum Gasteiger partial charge on any atom is 0.225 e. The van der Waals surface area contributed by atoms with Gasteiger partial charge >= 0.3 is 0 Å². The Morgan fingerprint density at radius 3 is 2.50 bits per heavy atom. The molecule has 1 heterocycles. The van der Waals surface area contributed by atoms with Gasteiger partial charge in [-0.2, -0.15) is 0 Å². The minimum atomic E-state index is -0.262. The number of hydrogen-bond donors (Lipinski definition) is 2. The second kappa shape index (κ2) is 3.23. The fourth-order valence-electron chi connectivity index (χ4n) is 2.40. The van der Waals surface area contributed by atoms with Crippen LogP contribution in [0.3, 0.4) is 0 Å². The van der Waals surface area contributed by atoms with Crippen molar-refractivity contribution in [3.8, 4) is 0 Å². The minimum Gasteiger partial charge on any atom is -0.351 e. The number of carbonyl (C=O) groups is 1. The Morgan fingerprint density at radius 1 is 1.36 bits per heavy atom. The maximum atomic E-state index is 11.8. The van der Waals surface area contributed by atoms with Crippen LogP contribution in [0.5, 0.6) is 0 Å². The van der Waals surface area contributed by atoms with Crippen molar-refractivity contribution in [2.45, 2.75) is 45.7 Å². The van der Waals surface area contributed by atoms with Crippen LogP contribution in [0.4, 0.5) is 0 Å². The summed E-state index contributed by atoms with van der Waals surface area (Å²) in [4.78, 5) is 11.8. The summed E-state index contributed by atoms with van der Waals surface area (Å²) in [5.74, 6) is 0.974. The molecule has 0 radical (unpaired) electrons. The van der Waals surface area contributed by atoms with E-state index in [9.17, 15) is 4.79 Å². The lowest BCUT2D eigenvalue weighted by Gasteiger charge is -2.27. The molecular formula is C11H20N2O. The highest BCUT2D eigenvalue weighted by Gasteiger charge is 2.40. The quantitative estimate of drug-likeness (QED) is 0.654. The molecule has 1 amide bonds. The summed E-state index contributed by atoms with van der Waals surface area (Å²) >= 11 is 0. The second-order valence-corrected chi connectivity index (χ2v) is 5.68. The van der Waals surface area contributed by atoms with Gasteiger partial charge in [-0.1, -0.05) is 20.8 Å². The topological polar surface area (TPSA) is 41.1 Å². The van der Waals surface area contributed by atoms with Gasteiger partial charge in [-0.15, -0.1) is 0 Å². The molecule has 2 N–H and O–H groups in total. The van der Waals surface area contributed by atoms with E-state index in [1.165, 1.54) is 12.8 Å². The van der Waals surface area contributed by atoms with Gasteiger partial charge in [0.15, 0.2) is 0 Å². The first-order chi connectivity index (χ1) is 6.47. The standard InChI is InChI=1S/C11H20N2O/c1-11(2,3)10(14)13-9-5-7-4-8(9)12-6-7/h7-9,12H,4-6H2,1-3H3,(H,13,14). The van der Waals surface area contributed by atoms with Crippen molar-refractivity contribution in [3.63, 3.8) is 0 Å². The van der Waals surface area contributed by atoms with Crippen LogP contribution in [-0.2, 0) is 4.79 Å². The molecule has 2 aliphatic rings. The second-order valence-electron chi connectivity index (χ2n) is 5.68. The van der Waals surface area contributed by atoms with Crippen LogP contribution in [0.15, 0.2) is 0 Å². The Kier molecular flexibility index (Phi) is 2.30. The third-order valence-corrected chi connectivity index (χ3v) is 3.33. The average Bonchev–Trinajstić information content (AvgIpc) is 2.62. The monoisotopic (exact) mass is 196 g/mol. The van der Waals surface area contributed by atoms with E-state index in [4.69, 9.17) is 0 Å². The molecule has 2 fully saturated rings. The Hall–Kier alpha value is -0.570. The van der Waals surface area contributed by atoms with E-state index in [1.807, 2.05) is 20.8 Å². The van der Waals surface area contributed by atoms with Crippen LogP contribution in [0.1, 0.15) is 33.6 Å². The molecule has 3 nitrogen and oxygen atoms in total. The van der Waals surface area contributed by atoms with Gasteiger partial charge in [-0.05, 0) is 25.3 Å². The third-order valence-electron chi connectivity index (χ3n) is 3.33. The molecule has 0 spiro atoms. The van der Waals surface area contributed by atoms with Gasteiger partial charge < -0.3 is 10.6 Å². The lowest BCUT2D eigenvalue weighted by atomic mass is 9.94. The van der Waals surface area contributed by atoms with Crippen LogP contribution in [0.25, 0.3) is 0 Å². The molecule has 0 aromatic rings. The molecule has 0 aromatic heterocycles. The zero-order valence-electron chi connectivity index (χ0n) is 9.26. The largest absolute Gasteiger partial charge is 0.351 e. The minimum absolute atomic E-state index is 0.178. The van der Waals surface area contributed by atoms with Gasteiger partial charge in [0.2, 0.25) is 5.91 Å². The highest BCUT2D eigenvalue weighted by Crippen LogP contribution is 2.31. The molecule has 14 heavy (non-hydrogen) atoms. The van der Waals surface area contributed by atoms with Crippen molar-refractivity contribution in [1.29, 1.82) is 0 Å². The van der Waals surface area contributed by atoms with E-state index < -0.39 is 0 Å². The summed E-state index contributed by atoms with van der Waals surface area (Å²) in [5, 5.41) is 6.60. The molecule has 1 aliphatic carbocycles. The third kappa shape index (κ3) is 1.78. The average molecular weight is 196 g/mol. The van der Waals surface area contributed by atoms with E-state index in [-0.39, 0.29) is 11.3 Å². The Morgan fingerprint density at radius 2 is 2.07 bits per heavy atom. The van der Waals surface area contributed by atoms with Crippen molar-refractivity contribution < 1.29 is 4.79 Å². The van der Waals surface area contributed by atoms with Crippen molar-refractivity contribution >= 4 is 5.91 Å². The first-order valence-corrected chi connectivity index (χ1v) is 5.51. The summed E-state index contributed by atoms with van der Waals surface area (Å²) in [5.41, 5.74) is -0.262. The SMILES string of the molecule is CC(C)(C)C(=O)NC1CC2CNC1C2. The molecule has 2 bridgehead atoms. The van der Waals surface area contributed by atoms with E-state index >= 15 is 0 Å². The predicted molar refractivity (Wildman–Crippen MR) is 55.9 cm³/mol. The van der Waals surface area contributed by atoms with Crippen LogP contribution < -0.4 is 10.6 Å². The maximum absolute atomic E-state index is 11.8. The van der Waals surface area contributed by atoms with Gasteiger partial charge in [0.05, 0.1) is 0 Å². The van der Waals surface area contributed by atoms with Crippen molar-refractivity contribution in [2.75, 3.05) is 6.54 Å². The van der Waals surface area contributed by atoms with Crippen molar-refractivity contribution in [1.82, 2.24) is 10.6 Å². The van der Waals surface area contributed by atoms with Crippen LogP contribution >= 0.6 is 0 Å². The van der Waals surface area contributed by atoms with E-state index in [0.717, 1.165) is 12.5 Å². The summed E-state index contributed by atoms with van der Waals surface area (Å²) in [6.07, 6.45) is 2.41. The van der Waals surface area contributed by atoms with Gasteiger partial charge in [-0.3, -0.25) is 4.79 Å². The van der Waals surface area contributed by atoms with Gasteiger partial charge in [0, 0.05) is 17.5 Å². The van der Waals surface area contributed by atoms with Gasteiger partial charge in [0.1, 0.15) is 0 Å². The number of nitrogens with one attached hydrogen (secondary N) is 2. The molecule has 3 atom stereocenters. The van der Waals surface area contributed by atoms with Crippen LogP contribution in [0, 0.1) is 11.3 Å². The highest BCUT2D eigenvalue weighted by atomic mass is 16.2. The van der Waals surface area contributed by atoms with Gasteiger partial charge in [-0.25, -0.2) is 0 Å². The van der Waals surface area contributed by atoms with Gasteiger partial charge in [0.25, 0.3) is 0 Å². The summed E-state index contributed by atoms with van der Waals surface area (Å²) in [6.45, 7) is 7.03. The highest BCUT2D eigenvalue weighted by molar-refractivity contribution is 5.81. The van der Waals surface area contributed by atoms with Crippen molar-refractivity contribution in [3.05, 3.63) is 0 Å². The molecule has 3 heteroatoms. The van der Waals surface area contributed by atoms with Crippen LogP contribution in [0.2, 0.25) is 0 Å². The Bertz CT molecular complexity index is 244. The molecule has 1 aliphatic heterocycles. The molecule has 2 rings (SSSR count). The van der Waals surface area contributed by atoms with Crippen LogP contribution in [-0.4, -0.2) is 24.5 Å². The molecule has 0 aromatic carbocycles. The van der Waals surface area contributed by atoms with E-state index in [1.54, 1.807) is 0 Å². The normalized spacial score (nSPS) is 36.1. The number of rotatable bonds is 1. The molecule has 3 unspecified atom stereocenters. The summed E-state index contributed by atoms with van der Waals surface area (Å²) in [7, 11) is 0. The Balaban J connectivity index is 1.90. The lowest BCUT2D eigenvalue weighted by molar-refractivity contribution is -0.129. The molecule has 1 saturated carbocycles. The first-order valence-electron chi connectivity index (χ1n) is 5.51. The first kappa shape index (κ1) is 9.97. The summed E-state index contributed by atoms with van der Waals surface area (Å²) < 4.78 is 0. The number of hydrogen-bond acceptors (Lipinski definition) is 2. The fourth-order valence-corrected chi connectivity index (χ4v) is 2.40. The zero-order valence-corrected chi connectivity index (χ0v) is 9.26. The predicted octanol–water partition coefficient (Wildman–Crippen LogP) is 0.899. The smallest absolute Gasteiger partial charge is 0.225 e. The Labute approximate surface area is 85.6 Å². The number of piperidine rings is 1. The lowest BCUT2D eigenvalue weighted by Crippen LogP contribution is -2.50. The molecule has 1 saturated heterocycles. The molecular weight excluding hydrogens is 176 g/mol. The number of carbonyl (C=O) groups excluding carboxylic acids is 1. The van der Waals surface area contributed by atoms with Crippen molar-refractivity contribution in [2.24, 2.45) is 11.3 Å². The van der Waals surface area contributed by atoms with E-state index in [2.05, 4.69) is 10.6 Å². The summed E-state index contributed by atoms with van der Waals surface area (Å²) in [6, 6.07) is 0.909. The fraction of sp³-hybridized carbons (Fsp3) is 0.909. The molecule has 80 valence electrons. The number of fused-ring (bicyclic) bond motifs is 2. The van der Waals surface area contributed by atoms with E-state index in [0.29, 0.717) is 12.1 Å². The zero-order chi connectivity index (χ0) is 10.3.